The van der Waals surface area contributed by atoms with Crippen LogP contribution in [0.1, 0.15) is 44.7 Å². The van der Waals surface area contributed by atoms with Crippen LogP contribution in [0.4, 0.5) is 5.69 Å². The van der Waals surface area contributed by atoms with Gasteiger partial charge in [0.2, 0.25) is 10.0 Å². The largest absolute Gasteiger partial charge is 0.348 e. The number of amides is 2. The number of pyridine rings is 1. The van der Waals surface area contributed by atoms with Crippen molar-refractivity contribution < 1.29 is 18.0 Å². The summed E-state index contributed by atoms with van der Waals surface area (Å²) in [5.74, 6) is -0.630. The Kier molecular flexibility index (Phi) is 6.52. The summed E-state index contributed by atoms with van der Waals surface area (Å²) in [6.45, 7) is 1.98. The quantitative estimate of drug-likeness (QED) is 0.474. The summed E-state index contributed by atoms with van der Waals surface area (Å²) in [7, 11) is -3.65. The van der Waals surface area contributed by atoms with E-state index in [1.165, 1.54) is 12.1 Å². The molecule has 2 amide bonds. The van der Waals surface area contributed by atoms with Crippen molar-refractivity contribution in [3.8, 4) is 0 Å². The summed E-state index contributed by atoms with van der Waals surface area (Å²) in [5.41, 5.74) is 2.85. The maximum absolute atomic E-state index is 12.8. The van der Waals surface area contributed by atoms with Crippen molar-refractivity contribution in [3.63, 3.8) is 0 Å². The van der Waals surface area contributed by atoms with E-state index >= 15 is 0 Å². The first-order chi connectivity index (χ1) is 15.8. The maximum atomic E-state index is 12.8. The van der Waals surface area contributed by atoms with E-state index in [1.54, 1.807) is 55.7 Å². The van der Waals surface area contributed by atoms with Gasteiger partial charge < -0.3 is 10.6 Å². The molecule has 3 aromatic rings. The fourth-order valence-corrected chi connectivity index (χ4v) is 4.58. The lowest BCUT2D eigenvalue weighted by atomic mass is 10.1. The van der Waals surface area contributed by atoms with E-state index in [1.807, 2.05) is 6.07 Å². The molecule has 0 atom stereocenters. The minimum absolute atomic E-state index is 0.0140. The number of hydrogen-bond acceptors (Lipinski definition) is 5. The van der Waals surface area contributed by atoms with Crippen molar-refractivity contribution >= 4 is 27.5 Å². The van der Waals surface area contributed by atoms with Crippen molar-refractivity contribution in [2.75, 3.05) is 5.32 Å². The van der Waals surface area contributed by atoms with Crippen LogP contribution in [0, 0.1) is 6.92 Å². The molecule has 0 radical (unpaired) electrons. The van der Waals surface area contributed by atoms with Gasteiger partial charge in [-0.05, 0) is 67.3 Å². The number of aromatic nitrogens is 1. The Hall–Kier alpha value is -3.56. The molecular weight excluding hydrogens is 440 g/mol. The van der Waals surface area contributed by atoms with Crippen molar-refractivity contribution in [3.05, 3.63) is 89.2 Å². The van der Waals surface area contributed by atoms with E-state index in [4.69, 9.17) is 0 Å². The fraction of sp³-hybridized carbons (Fsp3) is 0.208. The number of aryl methyl sites for hydroxylation is 1. The zero-order valence-corrected chi connectivity index (χ0v) is 18.9. The number of carbonyl (C=O) groups is 2. The summed E-state index contributed by atoms with van der Waals surface area (Å²) in [6.07, 6.45) is 4.76. The molecule has 0 bridgehead atoms. The van der Waals surface area contributed by atoms with Gasteiger partial charge in [0, 0.05) is 41.8 Å². The molecule has 1 aliphatic carbocycles. The molecule has 8 nitrogen and oxygen atoms in total. The van der Waals surface area contributed by atoms with Crippen LogP contribution in [-0.2, 0) is 16.6 Å². The maximum Gasteiger partial charge on any atom is 0.255 e. The highest BCUT2D eigenvalue weighted by molar-refractivity contribution is 7.89. The Morgan fingerprint density at radius 2 is 1.76 bits per heavy atom. The summed E-state index contributed by atoms with van der Waals surface area (Å²) in [6, 6.07) is 14.9. The number of carbonyl (C=O) groups excluding carboxylic acids is 2. The predicted octanol–water partition coefficient (Wildman–Crippen LogP) is 3.01. The van der Waals surface area contributed by atoms with Gasteiger partial charge >= 0.3 is 0 Å². The number of nitrogens with zero attached hydrogens (tertiary/aromatic N) is 1. The number of sulfonamides is 1. The molecule has 2 aromatic carbocycles. The Morgan fingerprint density at radius 3 is 2.48 bits per heavy atom. The van der Waals surface area contributed by atoms with Gasteiger partial charge in [0.15, 0.2) is 0 Å². The highest BCUT2D eigenvalue weighted by Crippen LogP contribution is 2.23. The van der Waals surface area contributed by atoms with Crippen LogP contribution in [0.2, 0.25) is 0 Å². The van der Waals surface area contributed by atoms with E-state index in [2.05, 4.69) is 20.3 Å². The van der Waals surface area contributed by atoms with Crippen molar-refractivity contribution in [2.45, 2.75) is 37.2 Å². The van der Waals surface area contributed by atoms with Gasteiger partial charge in [0.25, 0.3) is 11.8 Å². The fourth-order valence-electron chi connectivity index (χ4n) is 3.24. The number of hydrogen-bond donors (Lipinski definition) is 3. The molecule has 170 valence electrons. The third-order valence-electron chi connectivity index (χ3n) is 5.24. The van der Waals surface area contributed by atoms with Crippen LogP contribution >= 0.6 is 0 Å². The minimum atomic E-state index is -3.65. The molecule has 4 rings (SSSR count). The number of benzene rings is 2. The van der Waals surface area contributed by atoms with Crippen molar-refractivity contribution in [1.82, 2.24) is 15.0 Å². The first-order valence-corrected chi connectivity index (χ1v) is 12.0. The summed E-state index contributed by atoms with van der Waals surface area (Å²) in [5, 5.41) is 5.64. The van der Waals surface area contributed by atoms with Crippen LogP contribution in [0.3, 0.4) is 0 Å². The molecule has 0 saturated heterocycles. The second-order valence-electron chi connectivity index (χ2n) is 7.95. The van der Waals surface area contributed by atoms with Crippen molar-refractivity contribution in [1.29, 1.82) is 0 Å². The van der Waals surface area contributed by atoms with Crippen LogP contribution in [0.25, 0.3) is 0 Å². The SMILES string of the molecule is Cc1ccc(S(=O)(=O)NC2CC2)cc1C(=O)NCc1cccc(NC(=O)c2ccncc2)c1. The summed E-state index contributed by atoms with van der Waals surface area (Å²) in [4.78, 5) is 29.1. The van der Waals surface area contributed by atoms with Gasteiger partial charge in [-0.15, -0.1) is 0 Å². The minimum Gasteiger partial charge on any atom is -0.348 e. The van der Waals surface area contributed by atoms with Gasteiger partial charge in [0.05, 0.1) is 4.90 Å². The molecule has 0 spiro atoms. The van der Waals surface area contributed by atoms with E-state index < -0.39 is 10.0 Å². The van der Waals surface area contributed by atoms with E-state index in [0.29, 0.717) is 22.4 Å². The highest BCUT2D eigenvalue weighted by Gasteiger charge is 2.28. The Bertz CT molecular complexity index is 1290. The van der Waals surface area contributed by atoms with E-state index in [-0.39, 0.29) is 29.3 Å². The Labute approximate surface area is 192 Å². The van der Waals surface area contributed by atoms with Gasteiger partial charge in [-0.25, -0.2) is 13.1 Å². The molecule has 1 saturated carbocycles. The molecule has 33 heavy (non-hydrogen) atoms. The number of anilines is 1. The zero-order chi connectivity index (χ0) is 23.4. The number of rotatable bonds is 8. The molecule has 9 heteroatoms. The molecule has 0 unspecified atom stereocenters. The molecular formula is C24H24N4O4S. The summed E-state index contributed by atoms with van der Waals surface area (Å²) >= 11 is 0. The lowest BCUT2D eigenvalue weighted by Crippen LogP contribution is -2.27. The Morgan fingerprint density at radius 1 is 1.00 bits per heavy atom. The van der Waals surface area contributed by atoms with Gasteiger partial charge in [-0.1, -0.05) is 18.2 Å². The Balaban J connectivity index is 1.42. The smallest absolute Gasteiger partial charge is 0.255 e. The highest BCUT2D eigenvalue weighted by atomic mass is 32.2. The first-order valence-electron chi connectivity index (χ1n) is 10.5. The van der Waals surface area contributed by atoms with Crippen molar-refractivity contribution in [2.24, 2.45) is 0 Å². The van der Waals surface area contributed by atoms with Crippen LogP contribution in [0.5, 0.6) is 0 Å². The molecule has 1 aliphatic rings. The molecule has 1 aromatic heterocycles. The van der Waals surface area contributed by atoms with Crippen LogP contribution < -0.4 is 15.4 Å². The molecule has 0 aliphatic heterocycles. The van der Waals surface area contributed by atoms with Gasteiger partial charge in [-0.2, -0.15) is 0 Å². The zero-order valence-electron chi connectivity index (χ0n) is 18.0. The third-order valence-corrected chi connectivity index (χ3v) is 6.76. The summed E-state index contributed by atoms with van der Waals surface area (Å²) < 4.78 is 27.6. The average molecular weight is 465 g/mol. The normalized spacial score (nSPS) is 13.4. The molecule has 1 heterocycles. The lowest BCUT2D eigenvalue weighted by molar-refractivity contribution is 0.0949. The van der Waals surface area contributed by atoms with E-state index in [0.717, 1.165) is 18.4 Å². The van der Waals surface area contributed by atoms with Gasteiger partial charge in [0.1, 0.15) is 0 Å². The number of nitrogens with one attached hydrogen (secondary N) is 3. The van der Waals surface area contributed by atoms with Crippen LogP contribution in [0.15, 0.2) is 71.9 Å². The standard InChI is InChI=1S/C24H24N4O4S/c1-16-5-8-21(33(31,32)28-19-6-7-19)14-22(16)24(30)26-15-17-3-2-4-20(13-17)27-23(29)18-9-11-25-12-10-18/h2-5,8-14,19,28H,6-7,15H2,1H3,(H,26,30)(H,27,29). The average Bonchev–Trinajstić information content (AvgIpc) is 3.62. The molecule has 1 fully saturated rings. The van der Waals surface area contributed by atoms with E-state index in [9.17, 15) is 18.0 Å². The second kappa shape index (κ2) is 9.51. The first kappa shape index (κ1) is 22.6. The topological polar surface area (TPSA) is 117 Å². The molecule has 3 N–H and O–H groups in total. The second-order valence-corrected chi connectivity index (χ2v) is 9.66. The lowest BCUT2D eigenvalue weighted by Gasteiger charge is -2.12. The predicted molar refractivity (Wildman–Crippen MR) is 124 cm³/mol. The monoisotopic (exact) mass is 464 g/mol. The van der Waals surface area contributed by atoms with Crippen LogP contribution in [-0.4, -0.2) is 31.3 Å². The van der Waals surface area contributed by atoms with Gasteiger partial charge in [-0.3, -0.25) is 14.6 Å². The third kappa shape index (κ3) is 5.82.